The van der Waals surface area contributed by atoms with Crippen LogP contribution in [0.5, 0.6) is 11.5 Å². The molecule has 1 heterocycles. The van der Waals surface area contributed by atoms with E-state index in [4.69, 9.17) is 32.7 Å². The van der Waals surface area contributed by atoms with Gasteiger partial charge < -0.3 is 19.1 Å². The number of rotatable bonds is 7. The molecule has 32 heavy (non-hydrogen) atoms. The molecule has 4 rings (SSSR count). The van der Waals surface area contributed by atoms with E-state index in [2.05, 4.69) is 0 Å². The lowest BCUT2D eigenvalue weighted by Gasteiger charge is -2.12. The minimum Gasteiger partial charge on any atom is -0.508 e. The molecule has 1 N–H and O–H groups in total. The van der Waals surface area contributed by atoms with Gasteiger partial charge in [-0.05, 0) is 42.8 Å². The highest BCUT2D eigenvalue weighted by atomic mass is 35.5. The number of carbonyl (C=O) groups excluding carboxylic acids is 1. The molecular weight excluding hydrogens is 449 g/mol. The third kappa shape index (κ3) is 4.54. The maximum atomic E-state index is 13.0. The van der Waals surface area contributed by atoms with Crippen LogP contribution in [-0.2, 0) is 17.9 Å². The summed E-state index contributed by atoms with van der Waals surface area (Å²) < 4.78 is 13.3. The molecule has 4 aromatic rings. The van der Waals surface area contributed by atoms with Crippen LogP contribution in [0, 0.1) is 6.92 Å². The van der Waals surface area contributed by atoms with Crippen molar-refractivity contribution in [2.45, 2.75) is 20.1 Å². The molecule has 0 bridgehead atoms. The zero-order valence-corrected chi connectivity index (χ0v) is 18.9. The largest absolute Gasteiger partial charge is 0.508 e. The summed E-state index contributed by atoms with van der Waals surface area (Å²) in [5.74, 6) is 0.127. The Kier molecular flexibility index (Phi) is 6.58. The van der Waals surface area contributed by atoms with E-state index in [1.54, 1.807) is 36.4 Å². The molecule has 0 atom stereocenters. The first kappa shape index (κ1) is 22.1. The van der Waals surface area contributed by atoms with Gasteiger partial charge in [0.15, 0.2) is 0 Å². The zero-order valence-electron chi connectivity index (χ0n) is 17.3. The van der Waals surface area contributed by atoms with E-state index < -0.39 is 5.97 Å². The average molecular weight is 470 g/mol. The Bertz CT molecular complexity index is 1270. The first-order valence-corrected chi connectivity index (χ1v) is 10.8. The molecule has 0 saturated carbocycles. The van der Waals surface area contributed by atoms with Gasteiger partial charge in [0.2, 0.25) is 0 Å². The van der Waals surface area contributed by atoms with E-state index in [0.717, 1.165) is 16.8 Å². The van der Waals surface area contributed by atoms with Gasteiger partial charge in [0.25, 0.3) is 0 Å². The number of phenolic OH excluding ortho intramolecular Hbond substituents is 1. The molecule has 0 aliphatic heterocycles. The summed E-state index contributed by atoms with van der Waals surface area (Å²) in [7, 11) is 0. The van der Waals surface area contributed by atoms with Crippen molar-refractivity contribution in [1.29, 1.82) is 0 Å². The predicted octanol–water partition coefficient (Wildman–Crippen LogP) is 6.40. The third-order valence-corrected chi connectivity index (χ3v) is 6.01. The van der Waals surface area contributed by atoms with Crippen molar-refractivity contribution in [3.63, 3.8) is 0 Å². The summed E-state index contributed by atoms with van der Waals surface area (Å²) in [6.07, 6.45) is 0. The molecule has 164 valence electrons. The standard InChI is InChI=1S/C25H21Cl2NO4/c1-16-23(25(30)32-15-17-6-3-2-4-7-17)19-14-18(29)10-11-21(19)28(16)12-13-31-22-9-5-8-20(26)24(22)27/h2-11,14,29H,12-13,15H2,1H3. The number of carbonyl (C=O) groups is 1. The SMILES string of the molecule is Cc1c(C(=O)OCc2ccccc2)c2cc(O)ccc2n1CCOc1cccc(Cl)c1Cl. The first-order valence-electron chi connectivity index (χ1n) is 10.1. The van der Waals surface area contributed by atoms with Crippen molar-refractivity contribution in [3.05, 3.63) is 93.6 Å². The van der Waals surface area contributed by atoms with Crippen LogP contribution >= 0.6 is 23.2 Å². The molecule has 0 amide bonds. The average Bonchev–Trinajstić information content (AvgIpc) is 3.06. The number of hydrogen-bond acceptors (Lipinski definition) is 4. The molecule has 7 heteroatoms. The highest BCUT2D eigenvalue weighted by Gasteiger charge is 2.22. The fourth-order valence-corrected chi connectivity index (χ4v) is 4.00. The van der Waals surface area contributed by atoms with Gasteiger partial charge in [0.1, 0.15) is 29.7 Å². The summed E-state index contributed by atoms with van der Waals surface area (Å²) in [5, 5.41) is 11.4. The van der Waals surface area contributed by atoms with Crippen molar-refractivity contribution >= 4 is 40.1 Å². The number of nitrogens with zero attached hydrogens (tertiary/aromatic N) is 1. The summed E-state index contributed by atoms with van der Waals surface area (Å²) in [4.78, 5) is 13.0. The Morgan fingerprint density at radius 2 is 1.81 bits per heavy atom. The molecule has 0 unspecified atom stereocenters. The van der Waals surface area contributed by atoms with E-state index in [1.165, 1.54) is 0 Å². The smallest absolute Gasteiger partial charge is 0.340 e. The zero-order chi connectivity index (χ0) is 22.7. The van der Waals surface area contributed by atoms with Crippen molar-refractivity contribution in [2.24, 2.45) is 0 Å². The number of aromatic hydroxyl groups is 1. The lowest BCUT2D eigenvalue weighted by molar-refractivity contribution is 0.0474. The molecular formula is C25H21Cl2NO4. The lowest BCUT2D eigenvalue weighted by Crippen LogP contribution is -2.11. The predicted molar refractivity (Wildman–Crippen MR) is 126 cm³/mol. The van der Waals surface area contributed by atoms with Crippen LogP contribution in [-0.4, -0.2) is 22.2 Å². The molecule has 3 aromatic carbocycles. The number of benzene rings is 3. The van der Waals surface area contributed by atoms with Gasteiger partial charge in [-0.1, -0.05) is 59.6 Å². The number of halogens is 2. The quantitative estimate of drug-likeness (QED) is 0.318. The van der Waals surface area contributed by atoms with Gasteiger partial charge in [0.05, 0.1) is 17.1 Å². The third-order valence-electron chi connectivity index (χ3n) is 5.21. The number of aromatic nitrogens is 1. The minimum atomic E-state index is -0.445. The number of hydrogen-bond donors (Lipinski definition) is 1. The first-order chi connectivity index (χ1) is 15.5. The van der Waals surface area contributed by atoms with Crippen LogP contribution in [0.2, 0.25) is 10.0 Å². The van der Waals surface area contributed by atoms with E-state index in [0.29, 0.717) is 39.9 Å². The van der Waals surface area contributed by atoms with Gasteiger partial charge in [-0.15, -0.1) is 0 Å². The number of ether oxygens (including phenoxy) is 2. The fraction of sp³-hybridized carbons (Fsp3) is 0.160. The maximum Gasteiger partial charge on any atom is 0.340 e. The second-order valence-corrected chi connectivity index (χ2v) is 8.06. The van der Waals surface area contributed by atoms with Crippen LogP contribution in [0.1, 0.15) is 21.6 Å². The Morgan fingerprint density at radius 1 is 1.03 bits per heavy atom. The van der Waals surface area contributed by atoms with E-state index in [1.807, 2.05) is 41.8 Å². The highest BCUT2D eigenvalue weighted by Crippen LogP contribution is 2.32. The van der Waals surface area contributed by atoms with Crippen LogP contribution < -0.4 is 4.74 Å². The van der Waals surface area contributed by atoms with Gasteiger partial charge >= 0.3 is 5.97 Å². The summed E-state index contributed by atoms with van der Waals surface area (Å²) in [6, 6.07) is 19.6. The van der Waals surface area contributed by atoms with Gasteiger partial charge in [-0.25, -0.2) is 4.79 Å². The highest BCUT2D eigenvalue weighted by molar-refractivity contribution is 6.42. The lowest BCUT2D eigenvalue weighted by atomic mass is 10.1. The van der Waals surface area contributed by atoms with Crippen molar-refractivity contribution < 1.29 is 19.4 Å². The monoisotopic (exact) mass is 469 g/mol. The molecule has 0 aliphatic rings. The molecule has 0 aliphatic carbocycles. The van der Waals surface area contributed by atoms with E-state index in [9.17, 15) is 9.90 Å². The molecule has 0 radical (unpaired) electrons. The van der Waals surface area contributed by atoms with Crippen LogP contribution in [0.4, 0.5) is 0 Å². The molecule has 5 nitrogen and oxygen atoms in total. The summed E-state index contributed by atoms with van der Waals surface area (Å²) in [5.41, 5.74) is 2.85. The van der Waals surface area contributed by atoms with Gasteiger partial charge in [0, 0.05) is 16.6 Å². The Labute approximate surface area is 195 Å². The Balaban J connectivity index is 1.58. The second-order valence-electron chi connectivity index (χ2n) is 7.28. The topological polar surface area (TPSA) is 60.7 Å². The molecule has 0 fully saturated rings. The fourth-order valence-electron chi connectivity index (χ4n) is 3.65. The molecule has 1 aromatic heterocycles. The Morgan fingerprint density at radius 3 is 2.59 bits per heavy atom. The minimum absolute atomic E-state index is 0.0775. The number of fused-ring (bicyclic) bond motifs is 1. The van der Waals surface area contributed by atoms with E-state index >= 15 is 0 Å². The normalized spacial score (nSPS) is 11.0. The summed E-state index contributed by atoms with van der Waals surface area (Å²) in [6.45, 7) is 2.79. The van der Waals surface area contributed by atoms with E-state index in [-0.39, 0.29) is 12.4 Å². The molecule has 0 saturated heterocycles. The number of esters is 1. The number of phenols is 1. The Hall–Kier alpha value is -3.15. The van der Waals surface area contributed by atoms with Crippen LogP contribution in [0.25, 0.3) is 10.9 Å². The maximum absolute atomic E-state index is 13.0. The van der Waals surface area contributed by atoms with Crippen LogP contribution in [0.15, 0.2) is 66.7 Å². The molecule has 0 spiro atoms. The summed E-state index contributed by atoms with van der Waals surface area (Å²) >= 11 is 12.2. The van der Waals surface area contributed by atoms with Crippen molar-refractivity contribution in [2.75, 3.05) is 6.61 Å². The van der Waals surface area contributed by atoms with Gasteiger partial charge in [-0.3, -0.25) is 0 Å². The van der Waals surface area contributed by atoms with Crippen molar-refractivity contribution in [3.8, 4) is 11.5 Å². The van der Waals surface area contributed by atoms with Crippen molar-refractivity contribution in [1.82, 2.24) is 4.57 Å². The van der Waals surface area contributed by atoms with Gasteiger partial charge in [-0.2, -0.15) is 0 Å². The second kappa shape index (κ2) is 9.55. The van der Waals surface area contributed by atoms with Crippen LogP contribution in [0.3, 0.4) is 0 Å².